The highest BCUT2D eigenvalue weighted by Gasteiger charge is 2.23. The molecule has 28 heavy (non-hydrogen) atoms. The molecule has 1 atom stereocenters. The highest BCUT2D eigenvalue weighted by atomic mass is 16.5. The molecule has 1 heterocycles. The first-order valence-corrected chi connectivity index (χ1v) is 9.16. The number of ether oxygens (including phenoxy) is 1. The number of carbonyl (C=O) groups excluding carboxylic acids is 2. The Balaban J connectivity index is 2.08. The van der Waals surface area contributed by atoms with Gasteiger partial charge in [0, 0.05) is 11.8 Å². The van der Waals surface area contributed by atoms with Gasteiger partial charge < -0.3 is 10.5 Å². The zero-order chi connectivity index (χ0) is 20.3. The third kappa shape index (κ3) is 3.96. The van der Waals surface area contributed by atoms with Crippen LogP contribution >= 0.6 is 0 Å². The number of carbonyl (C=O) groups is 2. The van der Waals surface area contributed by atoms with Crippen molar-refractivity contribution in [1.29, 1.82) is 0 Å². The van der Waals surface area contributed by atoms with Gasteiger partial charge in [-0.15, -0.1) is 0 Å². The minimum Gasteiger partial charge on any atom is -0.449 e. The molecular weight excluding hydrogens is 354 g/mol. The lowest BCUT2D eigenvalue weighted by Crippen LogP contribution is -2.30. The second-order valence-electron chi connectivity index (χ2n) is 6.62. The number of aromatic nitrogens is 2. The van der Waals surface area contributed by atoms with Gasteiger partial charge in [-0.05, 0) is 37.5 Å². The molecule has 0 saturated heterocycles. The van der Waals surface area contributed by atoms with E-state index < -0.39 is 18.0 Å². The predicted octanol–water partition coefficient (Wildman–Crippen LogP) is 3.44. The van der Waals surface area contributed by atoms with Crippen molar-refractivity contribution < 1.29 is 14.3 Å². The van der Waals surface area contributed by atoms with Crippen LogP contribution in [0, 0.1) is 6.92 Å². The second-order valence-corrected chi connectivity index (χ2v) is 6.62. The first-order valence-electron chi connectivity index (χ1n) is 9.16. The lowest BCUT2D eigenvalue weighted by molar-refractivity contribution is -0.125. The number of hydrogen-bond donors (Lipinski definition) is 1. The van der Waals surface area contributed by atoms with Crippen LogP contribution in [0.1, 0.15) is 35.3 Å². The molecule has 1 amide bonds. The highest BCUT2D eigenvalue weighted by Crippen LogP contribution is 2.26. The number of nitrogens with two attached hydrogens (primary N) is 1. The second kappa shape index (κ2) is 8.08. The zero-order valence-corrected chi connectivity index (χ0v) is 16.2. The number of benzene rings is 2. The number of primary amides is 1. The molecule has 2 N–H and O–H groups in total. The number of para-hydroxylation sites is 1. The average molecular weight is 377 g/mol. The molecule has 3 rings (SSSR count). The summed E-state index contributed by atoms with van der Waals surface area (Å²) < 4.78 is 6.87. The molecular formula is C22H23N3O3. The Labute approximate surface area is 163 Å². The van der Waals surface area contributed by atoms with Gasteiger partial charge in [0.25, 0.3) is 5.91 Å². The van der Waals surface area contributed by atoms with E-state index >= 15 is 0 Å². The highest BCUT2D eigenvalue weighted by molar-refractivity contribution is 5.97. The molecule has 0 aliphatic rings. The Morgan fingerprint density at radius 3 is 2.43 bits per heavy atom. The van der Waals surface area contributed by atoms with Gasteiger partial charge in [0.1, 0.15) is 11.3 Å². The smallest absolute Gasteiger partial charge is 0.342 e. The summed E-state index contributed by atoms with van der Waals surface area (Å²) in [4.78, 5) is 24.0. The molecule has 6 heteroatoms. The number of amides is 1. The van der Waals surface area contributed by atoms with Crippen LogP contribution in [0.25, 0.3) is 16.9 Å². The van der Waals surface area contributed by atoms with E-state index in [0.717, 1.165) is 23.2 Å². The maximum absolute atomic E-state index is 12.7. The Morgan fingerprint density at radius 2 is 1.82 bits per heavy atom. The van der Waals surface area contributed by atoms with Crippen LogP contribution in [0.15, 0.2) is 54.7 Å². The normalized spacial score (nSPS) is 11.8. The molecule has 0 fully saturated rings. The molecule has 3 aromatic rings. The fraction of sp³-hybridized carbons (Fsp3) is 0.227. The predicted molar refractivity (Wildman–Crippen MR) is 107 cm³/mol. The number of nitrogens with zero attached hydrogens (tertiary/aromatic N) is 2. The third-order valence-electron chi connectivity index (χ3n) is 4.62. The first kappa shape index (κ1) is 19.4. The Bertz CT molecular complexity index is 1010. The molecule has 0 saturated carbocycles. The van der Waals surface area contributed by atoms with Gasteiger partial charge in [0.05, 0.1) is 5.69 Å². The number of aryl methyl sites for hydroxylation is 2. The fourth-order valence-electron chi connectivity index (χ4n) is 2.86. The van der Waals surface area contributed by atoms with E-state index in [1.165, 1.54) is 12.5 Å². The van der Waals surface area contributed by atoms with E-state index in [0.29, 0.717) is 5.69 Å². The van der Waals surface area contributed by atoms with E-state index in [2.05, 4.69) is 12.0 Å². The van der Waals surface area contributed by atoms with Crippen LogP contribution in [0.3, 0.4) is 0 Å². The molecule has 0 aliphatic carbocycles. The molecule has 0 spiro atoms. The summed E-state index contributed by atoms with van der Waals surface area (Å²) in [5.41, 5.74) is 9.85. The zero-order valence-electron chi connectivity index (χ0n) is 16.2. The largest absolute Gasteiger partial charge is 0.449 e. The van der Waals surface area contributed by atoms with Gasteiger partial charge in [0.15, 0.2) is 6.10 Å². The van der Waals surface area contributed by atoms with Crippen molar-refractivity contribution in [2.45, 2.75) is 33.3 Å². The van der Waals surface area contributed by atoms with Crippen LogP contribution in [0.5, 0.6) is 0 Å². The van der Waals surface area contributed by atoms with Crippen molar-refractivity contribution in [2.24, 2.45) is 5.73 Å². The Morgan fingerprint density at radius 1 is 1.14 bits per heavy atom. The molecule has 144 valence electrons. The third-order valence-corrected chi connectivity index (χ3v) is 4.62. The van der Waals surface area contributed by atoms with Crippen LogP contribution in [0.2, 0.25) is 0 Å². The van der Waals surface area contributed by atoms with Crippen molar-refractivity contribution >= 4 is 11.9 Å². The maximum atomic E-state index is 12.7. The summed E-state index contributed by atoms with van der Waals surface area (Å²) in [7, 11) is 0. The summed E-state index contributed by atoms with van der Waals surface area (Å²) in [6, 6.07) is 15.6. The van der Waals surface area contributed by atoms with Crippen LogP contribution in [-0.2, 0) is 16.0 Å². The summed E-state index contributed by atoms with van der Waals surface area (Å²) in [5, 5.41) is 4.64. The lowest BCUT2D eigenvalue weighted by atomic mass is 10.1. The summed E-state index contributed by atoms with van der Waals surface area (Å²) in [6.07, 6.45) is 1.52. The monoisotopic (exact) mass is 377 g/mol. The van der Waals surface area contributed by atoms with Gasteiger partial charge >= 0.3 is 5.97 Å². The van der Waals surface area contributed by atoms with E-state index in [9.17, 15) is 9.59 Å². The molecule has 0 bridgehead atoms. The minimum atomic E-state index is -1.02. The molecule has 0 aliphatic heterocycles. The Hall–Kier alpha value is -3.41. The molecule has 0 unspecified atom stereocenters. The topological polar surface area (TPSA) is 87.2 Å². The maximum Gasteiger partial charge on any atom is 0.342 e. The molecule has 2 aromatic carbocycles. The minimum absolute atomic E-state index is 0.278. The van der Waals surface area contributed by atoms with Gasteiger partial charge in [-0.25, -0.2) is 9.48 Å². The SMILES string of the molecule is CCc1ccc(-c2nn(-c3ccccc3C)cc2C(=O)O[C@H](C)C(N)=O)cc1. The molecule has 6 nitrogen and oxygen atoms in total. The Kier molecular flexibility index (Phi) is 5.59. The van der Waals surface area contributed by atoms with Gasteiger partial charge in [-0.1, -0.05) is 49.4 Å². The van der Waals surface area contributed by atoms with Crippen LogP contribution in [-0.4, -0.2) is 27.8 Å². The average Bonchev–Trinajstić information content (AvgIpc) is 3.13. The van der Waals surface area contributed by atoms with E-state index in [4.69, 9.17) is 10.5 Å². The standard InChI is InChI=1S/C22H23N3O3/c1-4-16-9-11-17(12-10-16)20-18(22(27)28-15(3)21(23)26)13-25(24-20)19-8-6-5-7-14(19)2/h5-13,15H,4H2,1-3H3,(H2,23,26)/t15-/m1/s1. The lowest BCUT2D eigenvalue weighted by Gasteiger charge is -2.09. The first-order chi connectivity index (χ1) is 13.4. The summed E-state index contributed by atoms with van der Waals surface area (Å²) in [5.74, 6) is -1.34. The number of rotatable bonds is 6. The quantitative estimate of drug-likeness (QED) is 0.667. The molecule has 0 radical (unpaired) electrons. The van der Waals surface area contributed by atoms with Crippen molar-refractivity contribution in [2.75, 3.05) is 0 Å². The van der Waals surface area contributed by atoms with Gasteiger partial charge in [-0.2, -0.15) is 5.10 Å². The van der Waals surface area contributed by atoms with Crippen LogP contribution in [0.4, 0.5) is 0 Å². The van der Waals surface area contributed by atoms with Crippen molar-refractivity contribution in [3.8, 4) is 16.9 Å². The number of hydrogen-bond acceptors (Lipinski definition) is 4. The van der Waals surface area contributed by atoms with Crippen molar-refractivity contribution in [3.05, 3.63) is 71.4 Å². The van der Waals surface area contributed by atoms with E-state index in [1.807, 2.05) is 55.5 Å². The number of esters is 1. The van der Waals surface area contributed by atoms with E-state index in [-0.39, 0.29) is 5.56 Å². The van der Waals surface area contributed by atoms with E-state index in [1.54, 1.807) is 10.9 Å². The van der Waals surface area contributed by atoms with Crippen molar-refractivity contribution in [1.82, 2.24) is 9.78 Å². The fourth-order valence-corrected chi connectivity index (χ4v) is 2.86. The molecule has 1 aromatic heterocycles. The van der Waals surface area contributed by atoms with Gasteiger partial charge in [0.2, 0.25) is 0 Å². The van der Waals surface area contributed by atoms with Gasteiger partial charge in [-0.3, -0.25) is 4.79 Å². The van der Waals surface area contributed by atoms with Crippen LogP contribution < -0.4 is 5.73 Å². The summed E-state index contributed by atoms with van der Waals surface area (Å²) >= 11 is 0. The summed E-state index contributed by atoms with van der Waals surface area (Å²) in [6.45, 7) is 5.50. The van der Waals surface area contributed by atoms with Crippen molar-refractivity contribution in [3.63, 3.8) is 0 Å².